The van der Waals surface area contributed by atoms with Crippen molar-refractivity contribution < 1.29 is 67.1 Å². The van der Waals surface area contributed by atoms with Crippen molar-refractivity contribution in [2.24, 2.45) is 35.5 Å². The number of methoxy groups -OCH3 is 2. The summed E-state index contributed by atoms with van der Waals surface area (Å²) in [7, 11) is 6.40. The molecule has 2 aromatic rings. The number of carbonyl (C=O) groups excluding carboxylic acids is 7. The van der Waals surface area contributed by atoms with Crippen molar-refractivity contribution in [2.45, 2.75) is 144 Å². The number of benzene rings is 2. The lowest BCUT2D eigenvalue weighted by atomic mass is 9.83. The summed E-state index contributed by atoms with van der Waals surface area (Å²) < 4.78 is 34.7. The van der Waals surface area contributed by atoms with Crippen LogP contribution in [0, 0.1) is 35.5 Å². The topological polar surface area (TPSA) is 208 Å². The maximum Gasteiger partial charge on any atom is 0.261 e. The van der Waals surface area contributed by atoms with E-state index in [0.29, 0.717) is 55.2 Å². The van der Waals surface area contributed by atoms with Crippen LogP contribution in [0.2, 0.25) is 0 Å². The predicted molar refractivity (Wildman–Crippen MR) is 301 cm³/mol. The third-order valence-corrected chi connectivity index (χ3v) is 16.0. The highest BCUT2D eigenvalue weighted by Crippen LogP contribution is 2.34. The fraction of sp³-hybridized carbons (Fsp3) is 0.656. The fourth-order valence-corrected chi connectivity index (χ4v) is 10.9. The zero-order valence-electron chi connectivity index (χ0n) is 49.6. The van der Waals surface area contributed by atoms with Gasteiger partial charge in [-0.15, -0.1) is 0 Å². The van der Waals surface area contributed by atoms with Crippen LogP contribution < -0.4 is 9.64 Å². The maximum absolute atomic E-state index is 14.7. The molecule has 5 amide bonds. The van der Waals surface area contributed by atoms with Crippen LogP contribution in [0.3, 0.4) is 0 Å². The third kappa shape index (κ3) is 17.8. The molecule has 10 atom stereocenters. The van der Waals surface area contributed by atoms with Gasteiger partial charge < -0.3 is 48.2 Å². The number of nitrogens with zero attached hydrogens (tertiary/aromatic N) is 4. The van der Waals surface area contributed by atoms with Gasteiger partial charge in [0.1, 0.15) is 24.7 Å². The number of ether oxygens (including phenoxy) is 6. The summed E-state index contributed by atoms with van der Waals surface area (Å²) >= 11 is 0. The number of ketones is 2. The second kappa shape index (κ2) is 32.2. The van der Waals surface area contributed by atoms with Gasteiger partial charge in [-0.2, -0.15) is 0 Å². The minimum Gasteiger partial charge on any atom is -0.491 e. The molecule has 2 heterocycles. The maximum atomic E-state index is 14.7. The first kappa shape index (κ1) is 66.1. The van der Waals surface area contributed by atoms with Crippen molar-refractivity contribution in [2.75, 3.05) is 86.0 Å². The third-order valence-electron chi connectivity index (χ3n) is 16.0. The molecule has 1 fully saturated rings. The molecule has 0 spiro atoms. The number of hydrogen-bond donors (Lipinski definition) is 1. The van der Waals surface area contributed by atoms with E-state index in [0.717, 1.165) is 16.9 Å². The largest absolute Gasteiger partial charge is 0.491 e. The Kier molecular flexibility index (Phi) is 26.9. The number of Topliss-reactive ketones (excluding diaryl/α,β-unsaturated/α-hetero) is 2. The van der Waals surface area contributed by atoms with Crippen LogP contribution in [0.4, 0.5) is 5.69 Å². The number of anilines is 1. The van der Waals surface area contributed by atoms with Gasteiger partial charge >= 0.3 is 0 Å². The highest BCUT2D eigenvalue weighted by Gasteiger charge is 2.44. The second-order valence-corrected chi connectivity index (χ2v) is 22.1. The van der Waals surface area contributed by atoms with Crippen molar-refractivity contribution >= 4 is 46.8 Å². The molecule has 18 nitrogen and oxygen atoms in total. The quantitative estimate of drug-likeness (QED) is 0.0532. The summed E-state index contributed by atoms with van der Waals surface area (Å²) in [6.07, 6.45) is 0.0667. The summed E-state index contributed by atoms with van der Waals surface area (Å²) in [6, 6.07) is 14.3. The first-order valence-electron chi connectivity index (χ1n) is 28.2. The molecule has 0 bridgehead atoms. The van der Waals surface area contributed by atoms with E-state index in [1.807, 2.05) is 85.7 Å². The smallest absolute Gasteiger partial charge is 0.261 e. The van der Waals surface area contributed by atoms with Crippen molar-refractivity contribution in [3.8, 4) is 5.75 Å². The van der Waals surface area contributed by atoms with E-state index in [1.165, 1.54) is 4.90 Å². The van der Waals surface area contributed by atoms with Crippen LogP contribution in [-0.2, 0) is 57.2 Å². The first-order valence-corrected chi connectivity index (χ1v) is 28.2. The Balaban J connectivity index is 1.25. The molecule has 1 saturated heterocycles. The molecule has 4 rings (SSSR count). The van der Waals surface area contributed by atoms with E-state index in [1.54, 1.807) is 76.2 Å². The van der Waals surface area contributed by atoms with Crippen molar-refractivity contribution in [3.63, 3.8) is 0 Å². The summed E-state index contributed by atoms with van der Waals surface area (Å²) in [4.78, 5) is 102. The van der Waals surface area contributed by atoms with E-state index in [-0.39, 0.29) is 123 Å². The predicted octanol–water partition coefficient (Wildman–Crippen LogP) is 7.29. The van der Waals surface area contributed by atoms with Gasteiger partial charge in [0, 0.05) is 70.7 Å². The summed E-state index contributed by atoms with van der Waals surface area (Å²) in [5.41, 5.74) is 2.10. The lowest BCUT2D eigenvalue weighted by molar-refractivity contribution is -0.150. The van der Waals surface area contributed by atoms with Gasteiger partial charge in [-0.05, 0) is 80.2 Å². The van der Waals surface area contributed by atoms with E-state index in [4.69, 9.17) is 28.4 Å². The van der Waals surface area contributed by atoms with E-state index >= 15 is 0 Å². The Labute approximate surface area is 469 Å². The average Bonchev–Trinajstić information content (AvgIpc) is 4.00. The van der Waals surface area contributed by atoms with Crippen molar-refractivity contribution in [1.29, 1.82) is 0 Å². The molecule has 1 N–H and O–H groups in total. The minimum absolute atomic E-state index is 0.0149. The average molecular weight is 1110 g/mol. The fourth-order valence-electron chi connectivity index (χ4n) is 10.9. The second-order valence-electron chi connectivity index (χ2n) is 22.1. The number of likely N-dealkylation sites (N-methyl/N-ethyl adjacent to an activating group) is 2. The van der Waals surface area contributed by atoms with Gasteiger partial charge in [-0.3, -0.25) is 33.6 Å². The van der Waals surface area contributed by atoms with E-state index in [2.05, 4.69) is 0 Å². The molecule has 0 aromatic heterocycles. The Hall–Kier alpha value is -5.37. The van der Waals surface area contributed by atoms with Crippen LogP contribution in [0.15, 0.2) is 65.7 Å². The Bertz CT molecular complexity index is 2320. The highest BCUT2D eigenvalue weighted by atomic mass is 16.6. The van der Waals surface area contributed by atoms with Crippen molar-refractivity contribution in [1.82, 2.24) is 14.7 Å². The molecule has 2 aliphatic rings. The minimum atomic E-state index is -0.814. The van der Waals surface area contributed by atoms with Gasteiger partial charge in [-0.25, -0.2) is 4.90 Å². The van der Waals surface area contributed by atoms with Gasteiger partial charge in [-0.1, -0.05) is 92.1 Å². The molecule has 0 radical (unpaired) electrons. The monoisotopic (exact) mass is 1100 g/mol. The molecule has 2 aromatic carbocycles. The zero-order valence-corrected chi connectivity index (χ0v) is 49.6. The van der Waals surface area contributed by atoms with E-state index in [9.17, 15) is 38.7 Å². The standard InChI is InChI=1S/C61H92N4O14/c1-15-40(6)56(52(74-13)36-53(68)64-27-19-22-49(64)58(75-14)44(10)50(66)34-41(7)57(70)45-20-17-16-18-21-45)63(12)61(73)48(38(2)3)35-51(67)55(39(4)5)62(11)54(69)37-78-31-30-76-28-29-77-32-33-79-47-25-23-46(24-26-47)65-59(71)42(8)43(9)60(65)72/h16-18,20-21,23-26,38-41,44,48-49,52,55-58,70H,15,19,22,27-37H2,1-14H3/t40?,41-,44-,48-,49-,52+,55?,56-,57+,58+/m0/s1. The number of carbonyl (C=O) groups is 7. The lowest BCUT2D eigenvalue weighted by Gasteiger charge is -2.41. The molecule has 440 valence electrons. The SMILES string of the molecule is CCC(C)[C@@H]([C@@H](CC(=O)N1CCC[C@H]1[C@H](OC)[C@@H](C)C(=O)C[C@H](C)[C@@H](O)c1ccccc1)OC)N(C)C(=O)[C@@H](CC(=O)C(C(C)C)N(C)C(=O)COCCOCCOCCOc1ccc(N2C(=O)C(C)=C(C)C2=O)cc1)C(C)C. The first-order chi connectivity index (χ1) is 37.5. The molecule has 0 aliphatic carbocycles. The molecular weight excluding hydrogens is 1010 g/mol. The van der Waals surface area contributed by atoms with Crippen LogP contribution in [-0.4, -0.2) is 172 Å². The number of amides is 5. The molecule has 2 aliphatic heterocycles. The lowest BCUT2D eigenvalue weighted by Crippen LogP contribution is -2.54. The Morgan fingerprint density at radius 2 is 1.28 bits per heavy atom. The Morgan fingerprint density at radius 3 is 1.82 bits per heavy atom. The molecule has 0 saturated carbocycles. The number of likely N-dealkylation sites (tertiary alicyclic amines) is 1. The molecule has 18 heteroatoms. The number of hydrogen-bond acceptors (Lipinski definition) is 14. The van der Waals surface area contributed by atoms with Gasteiger partial charge in [0.15, 0.2) is 5.78 Å². The summed E-state index contributed by atoms with van der Waals surface area (Å²) in [5, 5.41) is 11.0. The molecule has 79 heavy (non-hydrogen) atoms. The normalized spacial score (nSPS) is 18.3. The van der Waals surface area contributed by atoms with Crippen LogP contribution in [0.25, 0.3) is 0 Å². The van der Waals surface area contributed by atoms with Crippen LogP contribution >= 0.6 is 0 Å². The number of aliphatic hydroxyl groups is 1. The number of rotatable bonds is 35. The van der Waals surface area contributed by atoms with E-state index < -0.39 is 42.2 Å². The molecular formula is C61H92N4O14. The van der Waals surface area contributed by atoms with Crippen molar-refractivity contribution in [3.05, 3.63) is 71.3 Å². The van der Waals surface area contributed by atoms with Gasteiger partial charge in [0.05, 0.1) is 81.6 Å². The van der Waals surface area contributed by atoms with Crippen LogP contribution in [0.1, 0.15) is 119 Å². The zero-order chi connectivity index (χ0) is 58.7. The summed E-state index contributed by atoms with van der Waals surface area (Å²) in [6.45, 7) is 20.3. The Morgan fingerprint density at radius 1 is 0.696 bits per heavy atom. The van der Waals surface area contributed by atoms with Gasteiger partial charge in [0.25, 0.3) is 11.8 Å². The van der Waals surface area contributed by atoms with Crippen LogP contribution in [0.5, 0.6) is 5.75 Å². The number of aliphatic hydroxyl groups excluding tert-OH is 1. The number of imide groups is 1. The molecule has 2 unspecified atom stereocenters. The highest BCUT2D eigenvalue weighted by molar-refractivity contribution is 6.32. The summed E-state index contributed by atoms with van der Waals surface area (Å²) in [5.74, 6) is -3.35. The van der Waals surface area contributed by atoms with Gasteiger partial charge in [0.2, 0.25) is 17.7 Å².